The van der Waals surface area contributed by atoms with Gasteiger partial charge in [0.15, 0.2) is 0 Å². The lowest BCUT2D eigenvalue weighted by molar-refractivity contribution is -0.134. The molecule has 1 heterocycles. The number of carbonyl (C=O) groups is 2. The van der Waals surface area contributed by atoms with Gasteiger partial charge in [0.2, 0.25) is 11.8 Å². The van der Waals surface area contributed by atoms with Crippen molar-refractivity contribution in [1.29, 1.82) is 0 Å². The Morgan fingerprint density at radius 1 is 0.759 bits per heavy atom. The zero-order valence-corrected chi connectivity index (χ0v) is 18.1. The van der Waals surface area contributed by atoms with Crippen LogP contribution in [0.4, 0.5) is 0 Å². The fourth-order valence-corrected chi connectivity index (χ4v) is 7.97. The van der Waals surface area contributed by atoms with E-state index in [1.54, 1.807) is 0 Å². The molecule has 1 aliphatic heterocycles. The molecule has 6 rings (SSSR count). The van der Waals surface area contributed by atoms with Gasteiger partial charge in [-0.3, -0.25) is 9.59 Å². The Kier molecular flexibility index (Phi) is 5.89. The van der Waals surface area contributed by atoms with Crippen molar-refractivity contribution in [3.63, 3.8) is 0 Å². The van der Waals surface area contributed by atoms with E-state index in [0.717, 1.165) is 61.4 Å². The molecule has 29 heavy (non-hydrogen) atoms. The van der Waals surface area contributed by atoms with Crippen LogP contribution < -0.4 is 5.32 Å². The molecule has 0 aromatic rings. The molecule has 4 nitrogen and oxygen atoms in total. The van der Waals surface area contributed by atoms with Crippen LogP contribution >= 0.6 is 0 Å². The summed E-state index contributed by atoms with van der Waals surface area (Å²) in [5.74, 6) is 5.60. The maximum absolute atomic E-state index is 12.6. The number of unbranched alkanes of at least 4 members (excludes halogenated alkanes) is 1. The lowest BCUT2D eigenvalue weighted by Crippen LogP contribution is -2.55. The Bertz CT molecular complexity index is 590. The van der Waals surface area contributed by atoms with Crippen molar-refractivity contribution in [1.82, 2.24) is 10.2 Å². The summed E-state index contributed by atoms with van der Waals surface area (Å²) < 4.78 is 0. The highest BCUT2D eigenvalue weighted by Gasteiger charge is 2.48. The van der Waals surface area contributed by atoms with E-state index in [0.29, 0.717) is 24.8 Å². The number of fused-ring (bicyclic) bond motifs is 1. The summed E-state index contributed by atoms with van der Waals surface area (Å²) in [5.41, 5.74) is 0. The Labute approximate surface area is 176 Å². The van der Waals surface area contributed by atoms with Gasteiger partial charge in [0.25, 0.3) is 0 Å². The van der Waals surface area contributed by atoms with E-state index in [1.807, 2.05) is 0 Å². The fourth-order valence-electron chi connectivity index (χ4n) is 7.97. The first-order valence-electron chi connectivity index (χ1n) is 12.7. The summed E-state index contributed by atoms with van der Waals surface area (Å²) in [6.07, 6.45) is 16.5. The monoisotopic (exact) mass is 400 g/mol. The molecule has 5 saturated carbocycles. The second kappa shape index (κ2) is 8.59. The minimum absolute atomic E-state index is 0.234. The molecule has 5 aliphatic carbocycles. The number of hydrogen-bond acceptors (Lipinski definition) is 2. The molecule has 2 atom stereocenters. The van der Waals surface area contributed by atoms with E-state index >= 15 is 0 Å². The molecular formula is C25H40N2O2. The highest BCUT2D eigenvalue weighted by atomic mass is 16.2. The van der Waals surface area contributed by atoms with Gasteiger partial charge in [-0.1, -0.05) is 19.3 Å². The number of carbonyl (C=O) groups excluding carboxylic acids is 2. The smallest absolute Gasteiger partial charge is 0.222 e. The third-order valence-corrected chi connectivity index (χ3v) is 9.24. The van der Waals surface area contributed by atoms with E-state index < -0.39 is 0 Å². The van der Waals surface area contributed by atoms with Crippen molar-refractivity contribution in [3.8, 4) is 0 Å². The number of amides is 2. The van der Waals surface area contributed by atoms with Crippen LogP contribution in [0, 0.1) is 35.5 Å². The summed E-state index contributed by atoms with van der Waals surface area (Å²) >= 11 is 0. The van der Waals surface area contributed by atoms with Crippen molar-refractivity contribution in [2.75, 3.05) is 13.1 Å². The van der Waals surface area contributed by atoms with Crippen LogP contribution in [0.25, 0.3) is 0 Å². The second-order valence-corrected chi connectivity index (χ2v) is 11.2. The normalized spacial score (nSPS) is 40.6. The molecule has 0 aromatic heterocycles. The van der Waals surface area contributed by atoms with Crippen LogP contribution in [-0.2, 0) is 9.59 Å². The zero-order valence-electron chi connectivity index (χ0n) is 18.1. The molecule has 2 amide bonds. The van der Waals surface area contributed by atoms with Crippen LogP contribution in [0.5, 0.6) is 0 Å². The highest BCUT2D eigenvalue weighted by Crippen LogP contribution is 2.53. The van der Waals surface area contributed by atoms with Crippen LogP contribution in [-0.4, -0.2) is 35.8 Å². The summed E-state index contributed by atoms with van der Waals surface area (Å²) in [5, 5.41) is 3.41. The van der Waals surface area contributed by atoms with Gasteiger partial charge in [-0.05, 0) is 93.3 Å². The first kappa shape index (κ1) is 19.9. The lowest BCUT2D eigenvalue weighted by atomic mass is 9.54. The van der Waals surface area contributed by atoms with Gasteiger partial charge in [0, 0.05) is 32.0 Å². The summed E-state index contributed by atoms with van der Waals surface area (Å²) in [6.45, 7) is 1.96. The van der Waals surface area contributed by atoms with E-state index in [4.69, 9.17) is 0 Å². The van der Waals surface area contributed by atoms with Crippen LogP contribution in [0.15, 0.2) is 0 Å². The Hall–Kier alpha value is -1.06. The van der Waals surface area contributed by atoms with Crippen LogP contribution in [0.2, 0.25) is 0 Å². The molecule has 1 saturated heterocycles. The standard InChI is InChI=1S/C25H40N2O2/c28-23(26-25-21-12-17-11-18(14-21)15-22(25)13-17)7-3-4-8-24(29)27-10-9-19-5-1-2-6-20(19)16-27/h17-22,25H,1-16H2,(H,26,28). The molecule has 0 radical (unpaired) electrons. The summed E-state index contributed by atoms with van der Waals surface area (Å²) in [6, 6.07) is 0.453. The van der Waals surface area contributed by atoms with Gasteiger partial charge in [0.05, 0.1) is 0 Å². The molecule has 1 N–H and O–H groups in total. The number of piperidine rings is 1. The van der Waals surface area contributed by atoms with Crippen molar-refractivity contribution in [2.45, 2.75) is 95.9 Å². The van der Waals surface area contributed by atoms with Crippen LogP contribution in [0.1, 0.15) is 89.9 Å². The molecule has 2 unspecified atom stereocenters. The first-order valence-corrected chi connectivity index (χ1v) is 12.7. The maximum atomic E-state index is 12.6. The van der Waals surface area contributed by atoms with E-state index in [9.17, 15) is 9.59 Å². The zero-order chi connectivity index (χ0) is 19.8. The number of nitrogens with zero attached hydrogens (tertiary/aromatic N) is 1. The van der Waals surface area contributed by atoms with E-state index in [1.165, 1.54) is 64.2 Å². The van der Waals surface area contributed by atoms with Crippen molar-refractivity contribution >= 4 is 11.8 Å². The first-order chi connectivity index (χ1) is 14.2. The number of likely N-dealkylation sites (tertiary alicyclic amines) is 1. The SMILES string of the molecule is O=C(CCCCC(=O)N1CCC2CCCCC2C1)NC1C2CC3CC(C2)CC1C3. The molecule has 6 aliphatic rings. The predicted molar refractivity (Wildman–Crippen MR) is 114 cm³/mol. The minimum Gasteiger partial charge on any atom is -0.353 e. The molecule has 6 fully saturated rings. The number of nitrogens with one attached hydrogen (secondary N) is 1. The van der Waals surface area contributed by atoms with Gasteiger partial charge >= 0.3 is 0 Å². The average molecular weight is 401 g/mol. The molecule has 0 aromatic carbocycles. The van der Waals surface area contributed by atoms with Gasteiger partial charge in [-0.2, -0.15) is 0 Å². The Morgan fingerprint density at radius 3 is 2.14 bits per heavy atom. The molecular weight excluding hydrogens is 360 g/mol. The van der Waals surface area contributed by atoms with Crippen LogP contribution in [0.3, 0.4) is 0 Å². The molecule has 4 bridgehead atoms. The van der Waals surface area contributed by atoms with Gasteiger partial charge < -0.3 is 10.2 Å². The number of rotatable bonds is 6. The molecule has 0 spiro atoms. The van der Waals surface area contributed by atoms with Crippen molar-refractivity contribution < 1.29 is 9.59 Å². The third-order valence-electron chi connectivity index (χ3n) is 9.24. The lowest BCUT2D eigenvalue weighted by Gasteiger charge is -2.54. The fraction of sp³-hybridized carbons (Fsp3) is 0.920. The quantitative estimate of drug-likeness (QED) is 0.666. The van der Waals surface area contributed by atoms with Crippen molar-refractivity contribution in [2.24, 2.45) is 35.5 Å². The second-order valence-electron chi connectivity index (χ2n) is 11.2. The largest absolute Gasteiger partial charge is 0.353 e. The average Bonchev–Trinajstić information content (AvgIpc) is 2.73. The van der Waals surface area contributed by atoms with Gasteiger partial charge in [-0.15, -0.1) is 0 Å². The molecule has 162 valence electrons. The van der Waals surface area contributed by atoms with E-state index in [2.05, 4.69) is 10.2 Å². The predicted octanol–water partition coefficient (Wildman–Crippen LogP) is 4.53. The van der Waals surface area contributed by atoms with Gasteiger partial charge in [0.1, 0.15) is 0 Å². The molecule has 4 heteroatoms. The Morgan fingerprint density at radius 2 is 1.41 bits per heavy atom. The summed E-state index contributed by atoms with van der Waals surface area (Å²) in [7, 11) is 0. The Balaban J connectivity index is 0.999. The topological polar surface area (TPSA) is 49.4 Å². The minimum atomic E-state index is 0.234. The van der Waals surface area contributed by atoms with E-state index in [-0.39, 0.29) is 5.91 Å². The highest BCUT2D eigenvalue weighted by molar-refractivity contribution is 5.77. The number of hydrogen-bond donors (Lipinski definition) is 1. The third kappa shape index (κ3) is 4.37. The maximum Gasteiger partial charge on any atom is 0.222 e. The van der Waals surface area contributed by atoms with Gasteiger partial charge in [-0.25, -0.2) is 0 Å². The summed E-state index contributed by atoms with van der Waals surface area (Å²) in [4.78, 5) is 27.3. The van der Waals surface area contributed by atoms with Crippen molar-refractivity contribution in [3.05, 3.63) is 0 Å².